The van der Waals surface area contributed by atoms with Gasteiger partial charge < -0.3 is 34.9 Å². The van der Waals surface area contributed by atoms with Gasteiger partial charge in [-0.25, -0.2) is 22.8 Å². The van der Waals surface area contributed by atoms with E-state index >= 15 is 0 Å². The average molecular weight is 627 g/mol. The van der Waals surface area contributed by atoms with Gasteiger partial charge in [-0.3, -0.25) is 4.79 Å². The number of rotatable bonds is 8. The monoisotopic (exact) mass is 626 g/mol. The van der Waals surface area contributed by atoms with E-state index in [9.17, 15) is 17.6 Å². The molecular formula is C29H31FN6O7S. The molecule has 2 aromatic carbocycles. The summed E-state index contributed by atoms with van der Waals surface area (Å²) in [6, 6.07) is 14.9. The Kier molecular flexibility index (Phi) is 9.37. The number of ether oxygens (including phenoxy) is 4. The molecule has 1 amide bonds. The molecule has 1 aliphatic heterocycles. The van der Waals surface area contributed by atoms with Gasteiger partial charge in [0.15, 0.2) is 50.1 Å². The van der Waals surface area contributed by atoms with Gasteiger partial charge in [0.05, 0.1) is 32.4 Å². The van der Waals surface area contributed by atoms with Gasteiger partial charge in [0.1, 0.15) is 5.82 Å². The normalized spacial score (nSPS) is 13.2. The molecule has 3 heterocycles. The van der Waals surface area contributed by atoms with Crippen LogP contribution in [0.4, 0.5) is 33.5 Å². The summed E-state index contributed by atoms with van der Waals surface area (Å²) in [6.45, 7) is 3.30. The zero-order chi connectivity index (χ0) is 32.1. The summed E-state index contributed by atoms with van der Waals surface area (Å²) in [5.41, 5.74) is -0.489. The van der Waals surface area contributed by atoms with E-state index in [1.54, 1.807) is 68.4 Å². The number of hydrogen-bond donors (Lipinski definition) is 3. The molecule has 0 saturated heterocycles. The summed E-state index contributed by atoms with van der Waals surface area (Å²) >= 11 is 0. The van der Waals surface area contributed by atoms with Crippen molar-refractivity contribution in [1.82, 2.24) is 15.0 Å². The van der Waals surface area contributed by atoms with E-state index in [4.69, 9.17) is 18.9 Å². The topological polar surface area (TPSA) is 163 Å². The maximum absolute atomic E-state index is 14.4. The quantitative estimate of drug-likeness (QED) is 0.247. The second kappa shape index (κ2) is 13.0. The number of methoxy groups -OCH3 is 3. The van der Waals surface area contributed by atoms with Gasteiger partial charge in [-0.15, -0.1) is 0 Å². The zero-order valence-corrected chi connectivity index (χ0v) is 25.6. The fourth-order valence-electron chi connectivity index (χ4n) is 3.85. The summed E-state index contributed by atoms with van der Waals surface area (Å²) in [5.74, 6) is 1.10. The number of benzene rings is 2. The highest BCUT2D eigenvalue weighted by Gasteiger charge is 2.36. The van der Waals surface area contributed by atoms with Crippen LogP contribution in [-0.2, 0) is 14.6 Å². The van der Waals surface area contributed by atoms with Gasteiger partial charge >= 0.3 is 0 Å². The molecule has 0 aliphatic carbocycles. The van der Waals surface area contributed by atoms with Crippen LogP contribution >= 0.6 is 0 Å². The maximum atomic E-state index is 14.4. The lowest BCUT2D eigenvalue weighted by molar-refractivity contribution is -0.129. The van der Waals surface area contributed by atoms with Crippen molar-refractivity contribution < 1.29 is 36.6 Å². The maximum Gasteiger partial charge on any atom is 0.269 e. The molecule has 13 nitrogen and oxygen atoms in total. The molecule has 15 heteroatoms. The van der Waals surface area contributed by atoms with E-state index in [2.05, 4.69) is 30.9 Å². The largest absolute Gasteiger partial charge is 0.493 e. The molecule has 2 aromatic heterocycles. The molecule has 0 spiro atoms. The van der Waals surface area contributed by atoms with Crippen molar-refractivity contribution in [3.05, 3.63) is 66.6 Å². The van der Waals surface area contributed by atoms with Crippen molar-refractivity contribution >= 4 is 44.8 Å². The lowest BCUT2D eigenvalue weighted by Gasteiger charge is -2.30. The summed E-state index contributed by atoms with van der Waals surface area (Å²) in [7, 11) is 1.49. The third-order valence-electron chi connectivity index (χ3n) is 6.08. The molecule has 0 radical (unpaired) electrons. The first-order valence-electron chi connectivity index (χ1n) is 13.0. The molecule has 0 fully saturated rings. The van der Waals surface area contributed by atoms with Gasteiger partial charge in [0, 0.05) is 24.1 Å². The first kappa shape index (κ1) is 31.7. The van der Waals surface area contributed by atoms with Crippen LogP contribution in [-0.4, -0.2) is 62.5 Å². The smallest absolute Gasteiger partial charge is 0.269 e. The number of nitrogens with one attached hydrogen (secondary N) is 3. The van der Waals surface area contributed by atoms with Crippen molar-refractivity contribution in [2.45, 2.75) is 24.3 Å². The number of carbonyl (C=O) groups is 1. The Bertz CT molecular complexity index is 1750. The van der Waals surface area contributed by atoms with Gasteiger partial charge in [-0.2, -0.15) is 4.98 Å². The molecule has 232 valence electrons. The third-order valence-corrected chi connectivity index (χ3v) is 7.21. The summed E-state index contributed by atoms with van der Waals surface area (Å²) < 4.78 is 57.8. The predicted octanol–water partition coefficient (Wildman–Crippen LogP) is 4.72. The molecular weight excluding hydrogens is 595 g/mol. The van der Waals surface area contributed by atoms with E-state index in [1.807, 2.05) is 0 Å². The number of anilines is 5. The number of aromatic nitrogens is 3. The van der Waals surface area contributed by atoms with Crippen molar-refractivity contribution in [2.24, 2.45) is 0 Å². The highest BCUT2D eigenvalue weighted by atomic mass is 32.2. The summed E-state index contributed by atoms with van der Waals surface area (Å²) in [5, 5.41) is 8.45. The van der Waals surface area contributed by atoms with Gasteiger partial charge in [0.2, 0.25) is 11.7 Å². The van der Waals surface area contributed by atoms with E-state index in [0.717, 1.165) is 6.20 Å². The Labute approximate surface area is 253 Å². The van der Waals surface area contributed by atoms with Crippen LogP contribution in [0.25, 0.3) is 0 Å². The first-order valence-corrected chi connectivity index (χ1v) is 14.9. The van der Waals surface area contributed by atoms with Gasteiger partial charge in [-0.1, -0.05) is 18.2 Å². The van der Waals surface area contributed by atoms with Crippen LogP contribution < -0.4 is 34.9 Å². The fraction of sp³-hybridized carbons (Fsp3) is 0.241. The second-order valence-electron chi connectivity index (χ2n) is 9.75. The SMILES string of the molecule is COc1cc(Nc2ncc(F)c(Nc3ccc4c(n3)NC(=O)C(C)(C)O4)n2)cc(OC)c1OC.CS(=O)(=O)c1ccccc1. The number of halogens is 1. The van der Waals surface area contributed by atoms with Crippen molar-refractivity contribution in [2.75, 3.05) is 43.5 Å². The van der Waals surface area contributed by atoms with Crippen LogP contribution in [0.2, 0.25) is 0 Å². The predicted molar refractivity (Wildman–Crippen MR) is 162 cm³/mol. The van der Waals surface area contributed by atoms with Crippen LogP contribution in [0.15, 0.2) is 65.7 Å². The van der Waals surface area contributed by atoms with E-state index in [1.165, 1.54) is 27.6 Å². The summed E-state index contributed by atoms with van der Waals surface area (Å²) in [6.07, 6.45) is 2.21. The third kappa shape index (κ3) is 7.42. The Morgan fingerprint density at radius 1 is 0.932 bits per heavy atom. The van der Waals surface area contributed by atoms with Crippen LogP contribution in [0.3, 0.4) is 0 Å². The molecule has 1 aliphatic rings. The minimum absolute atomic E-state index is 0.106. The first-order chi connectivity index (χ1) is 20.8. The fourth-order valence-corrected chi connectivity index (χ4v) is 4.51. The Hall–Kier alpha value is -5.18. The lowest BCUT2D eigenvalue weighted by Crippen LogP contribution is -2.46. The molecule has 4 aromatic rings. The van der Waals surface area contributed by atoms with E-state index in [-0.39, 0.29) is 29.3 Å². The highest BCUT2D eigenvalue weighted by Crippen LogP contribution is 2.40. The van der Waals surface area contributed by atoms with Crippen molar-refractivity contribution in [3.63, 3.8) is 0 Å². The molecule has 0 bridgehead atoms. The molecule has 44 heavy (non-hydrogen) atoms. The molecule has 0 saturated carbocycles. The molecule has 5 rings (SSSR count). The number of hydrogen-bond acceptors (Lipinski definition) is 12. The Morgan fingerprint density at radius 2 is 1.59 bits per heavy atom. The van der Waals surface area contributed by atoms with Crippen LogP contribution in [0, 0.1) is 5.82 Å². The summed E-state index contributed by atoms with van der Waals surface area (Å²) in [4.78, 5) is 25.0. The molecule has 0 atom stereocenters. The molecule has 3 N–H and O–H groups in total. The van der Waals surface area contributed by atoms with Crippen LogP contribution in [0.1, 0.15) is 13.8 Å². The number of nitrogens with zero attached hydrogens (tertiary/aromatic N) is 3. The number of pyridine rings is 1. The zero-order valence-electron chi connectivity index (χ0n) is 24.8. The highest BCUT2D eigenvalue weighted by molar-refractivity contribution is 7.90. The number of sulfone groups is 1. The number of fused-ring (bicyclic) bond motifs is 1. The van der Waals surface area contributed by atoms with Gasteiger partial charge in [-0.05, 0) is 38.1 Å². The number of amides is 1. The van der Waals surface area contributed by atoms with Gasteiger partial charge in [0.25, 0.3) is 5.91 Å². The van der Waals surface area contributed by atoms with Crippen molar-refractivity contribution in [1.29, 1.82) is 0 Å². The molecule has 0 unspecified atom stereocenters. The second-order valence-corrected chi connectivity index (χ2v) is 11.8. The lowest BCUT2D eigenvalue weighted by atomic mass is 10.1. The standard InChI is InChI=1S/C22H23FN6O5.C7H8O2S/c1-22(2)20(30)28-19-13(34-22)6-7-16(27-19)26-18-12(23)10-24-21(29-18)25-11-8-14(31-3)17(33-5)15(9-11)32-4;1-10(8,9)7-5-3-2-4-6-7/h6-10H,1-5H3,(H3,24,25,26,27,28,29,30);2-6H,1H3. The van der Waals surface area contributed by atoms with Crippen molar-refractivity contribution in [3.8, 4) is 23.0 Å². The van der Waals surface area contributed by atoms with Crippen LogP contribution in [0.5, 0.6) is 23.0 Å². The Balaban J connectivity index is 0.000000375. The minimum atomic E-state index is -3.00. The minimum Gasteiger partial charge on any atom is -0.493 e. The Morgan fingerprint density at radius 3 is 2.16 bits per heavy atom. The van der Waals surface area contributed by atoms with E-state index < -0.39 is 21.3 Å². The average Bonchev–Trinajstić information content (AvgIpc) is 2.99. The number of carbonyl (C=O) groups excluding carboxylic acids is 1. The van der Waals surface area contributed by atoms with E-state index in [0.29, 0.717) is 33.6 Å².